The molecule has 0 aromatic carbocycles. The zero-order chi connectivity index (χ0) is 58.2. The van der Waals surface area contributed by atoms with E-state index in [9.17, 15) is 35.1 Å². The number of esters is 1. The number of carbonyl (C=O) groups excluding carboxylic acids is 2. The van der Waals surface area contributed by atoms with Crippen molar-refractivity contribution in [1.82, 2.24) is 15.1 Å². The van der Waals surface area contributed by atoms with Crippen molar-refractivity contribution < 1.29 is 63.5 Å². The van der Waals surface area contributed by atoms with Gasteiger partial charge in [-0.05, 0) is 139 Å². The monoisotopic (exact) mass is 1100 g/mol. The van der Waals surface area contributed by atoms with E-state index >= 15 is 0 Å². The molecule has 0 aromatic heterocycles. The predicted octanol–water partition coefficient (Wildman–Crippen LogP) is 8.26. The summed E-state index contributed by atoms with van der Waals surface area (Å²) in [5.74, 6) is -2.92. The molecule has 3 saturated heterocycles. The van der Waals surface area contributed by atoms with Gasteiger partial charge in [0, 0.05) is 57.6 Å². The average Bonchev–Trinajstić information content (AvgIpc) is 3.38. The highest BCUT2D eigenvalue weighted by Gasteiger charge is 2.53. The van der Waals surface area contributed by atoms with E-state index in [1.165, 1.54) is 14.0 Å². The Balaban J connectivity index is 1.79. The van der Waals surface area contributed by atoms with E-state index in [4.69, 9.17) is 28.4 Å². The first-order valence-electron chi connectivity index (χ1n) is 29.3. The fourth-order valence-corrected chi connectivity index (χ4v) is 11.4. The topological polar surface area (TPSA) is 209 Å². The minimum atomic E-state index is -1.91. The SMILES string of the molecule is CC/C=C\C/C=C\C/C=C\C/C=C\C/C=C\C/C=C\CCC(=O)NCCCN1C[C@H](C)C[C@@](C)(O)[C@H](O[C@@H]2O[C@H](C)C[C@H](N(C)C)[C@H]2O)[C@@H](C)[C@H](O[C@H]2C[C@@](C)(OC)[C@@H](O)[C@H](C)O2)[C@@H](C)C(=O)O[C@H](CC)[C@@](C)(O)[C@H](O)[C@H]1C. The van der Waals surface area contributed by atoms with Gasteiger partial charge >= 0.3 is 5.97 Å². The van der Waals surface area contributed by atoms with Gasteiger partial charge in [0.15, 0.2) is 12.6 Å². The summed E-state index contributed by atoms with van der Waals surface area (Å²) in [6.45, 7) is 20.9. The van der Waals surface area contributed by atoms with Gasteiger partial charge in [0.1, 0.15) is 30.0 Å². The second kappa shape index (κ2) is 34.4. The second-order valence-electron chi connectivity index (χ2n) is 23.4. The summed E-state index contributed by atoms with van der Waals surface area (Å²) in [6.07, 6.45) is 24.0. The molecule has 16 nitrogen and oxygen atoms in total. The number of amides is 1. The van der Waals surface area contributed by atoms with Crippen molar-refractivity contribution in [3.63, 3.8) is 0 Å². The van der Waals surface area contributed by atoms with Gasteiger partial charge in [0.05, 0.1) is 41.5 Å². The van der Waals surface area contributed by atoms with Crippen LogP contribution >= 0.6 is 0 Å². The molecule has 16 heteroatoms. The van der Waals surface area contributed by atoms with Crippen LogP contribution in [0.15, 0.2) is 72.9 Å². The van der Waals surface area contributed by atoms with E-state index in [1.54, 1.807) is 34.6 Å². The third kappa shape index (κ3) is 21.7. The van der Waals surface area contributed by atoms with Crippen LogP contribution in [0.4, 0.5) is 0 Å². The Bertz CT molecular complexity index is 1920. The van der Waals surface area contributed by atoms with Crippen LogP contribution in [0, 0.1) is 17.8 Å². The number of methoxy groups -OCH3 is 1. The summed E-state index contributed by atoms with van der Waals surface area (Å²) in [5.41, 5.74) is -4.62. The Hall–Kier alpha value is -3.10. The predicted molar refractivity (Wildman–Crippen MR) is 308 cm³/mol. The summed E-state index contributed by atoms with van der Waals surface area (Å²) in [4.78, 5) is 31.5. The standard InChI is InChI=1S/C62H107N3O13/c1-15-17-18-19-20-21-22-23-24-25-26-27-28-29-30-31-32-33-34-36-51(66)63-37-35-38-65-42-43(3)40-60(9,71)57(78-59-53(67)49(64(12)13)39-44(4)74-59)45(5)54(77-52-41-61(10,73-14)56(69)48(8)75-52)46(6)58(70)76-50(16-2)62(11,72)55(68)47(65)7/h17-18,20-21,23-24,26-27,29-30,32-33,43-50,52-57,59,67-69,71-72H,15-16,19,22,25,28,31,34-42H2,1-14H3,(H,63,66)/b18-17-,21-20-,24-23-,27-26-,30-29-,33-32-/t43-,44-,45+,46-,47-,48+,49+,50-,52+,53-,54+,55-,56+,57-,59+,60-,61-,62-/m1/s1. The van der Waals surface area contributed by atoms with Gasteiger partial charge in [-0.1, -0.05) is 101 Å². The van der Waals surface area contributed by atoms with E-state index in [-0.39, 0.29) is 43.2 Å². The quantitative estimate of drug-likeness (QED) is 0.0289. The fraction of sp³-hybridized carbons (Fsp3) is 0.774. The molecule has 3 aliphatic heterocycles. The molecule has 0 aromatic rings. The van der Waals surface area contributed by atoms with Crippen molar-refractivity contribution in [3.8, 4) is 0 Å². The molecule has 0 spiro atoms. The van der Waals surface area contributed by atoms with E-state index in [0.29, 0.717) is 45.3 Å². The molecule has 0 saturated carbocycles. The number of hydrogen-bond donors (Lipinski definition) is 6. The molecule has 6 N–H and O–H groups in total. The van der Waals surface area contributed by atoms with Gasteiger partial charge in [-0.25, -0.2) is 0 Å². The third-order valence-corrected chi connectivity index (χ3v) is 16.1. The van der Waals surface area contributed by atoms with Crippen LogP contribution in [0.1, 0.15) is 160 Å². The lowest BCUT2D eigenvalue weighted by molar-refractivity contribution is -0.318. The summed E-state index contributed by atoms with van der Waals surface area (Å²) in [5, 5.41) is 63.2. The number of aliphatic hydroxyl groups excluding tert-OH is 3. The minimum absolute atomic E-state index is 0.0652. The van der Waals surface area contributed by atoms with E-state index in [0.717, 1.165) is 38.5 Å². The fourth-order valence-electron chi connectivity index (χ4n) is 11.4. The molecule has 448 valence electrons. The number of nitrogens with one attached hydrogen (secondary N) is 1. The molecule has 1 amide bonds. The van der Waals surface area contributed by atoms with Crippen molar-refractivity contribution in [2.24, 2.45) is 17.8 Å². The maximum absolute atomic E-state index is 14.6. The van der Waals surface area contributed by atoms with Gasteiger partial charge in [-0.2, -0.15) is 0 Å². The molecular weight excluding hydrogens is 995 g/mol. The molecular formula is C62H107N3O13. The molecule has 3 rings (SSSR count). The van der Waals surface area contributed by atoms with Crippen molar-refractivity contribution in [1.29, 1.82) is 0 Å². The normalized spacial score (nSPS) is 37.6. The van der Waals surface area contributed by atoms with Crippen LogP contribution < -0.4 is 5.32 Å². The van der Waals surface area contributed by atoms with Gasteiger partial charge in [0.2, 0.25) is 5.91 Å². The third-order valence-electron chi connectivity index (χ3n) is 16.1. The van der Waals surface area contributed by atoms with Crippen LogP contribution in [-0.4, -0.2) is 178 Å². The summed E-state index contributed by atoms with van der Waals surface area (Å²) >= 11 is 0. The van der Waals surface area contributed by atoms with Crippen molar-refractivity contribution >= 4 is 11.9 Å². The Morgan fingerprint density at radius 2 is 1.36 bits per heavy atom. The highest BCUT2D eigenvalue weighted by molar-refractivity contribution is 5.76. The molecule has 0 bridgehead atoms. The smallest absolute Gasteiger partial charge is 0.311 e. The lowest BCUT2D eigenvalue weighted by Crippen LogP contribution is -2.60. The van der Waals surface area contributed by atoms with E-state index < -0.39 is 96.0 Å². The van der Waals surface area contributed by atoms with Crippen LogP contribution in [0.3, 0.4) is 0 Å². The van der Waals surface area contributed by atoms with Crippen LogP contribution in [0.25, 0.3) is 0 Å². The first-order valence-corrected chi connectivity index (χ1v) is 29.3. The molecule has 0 unspecified atom stereocenters. The summed E-state index contributed by atoms with van der Waals surface area (Å²) in [6, 6.07) is -0.983. The lowest BCUT2D eigenvalue weighted by atomic mass is 9.77. The Morgan fingerprint density at radius 3 is 1.90 bits per heavy atom. The van der Waals surface area contributed by atoms with Crippen LogP contribution in [0.5, 0.6) is 0 Å². The van der Waals surface area contributed by atoms with Crippen molar-refractivity contribution in [3.05, 3.63) is 72.9 Å². The first-order chi connectivity index (χ1) is 36.8. The molecule has 3 heterocycles. The zero-order valence-corrected chi connectivity index (χ0v) is 50.3. The number of likely N-dealkylation sites (N-methyl/N-ethyl adjacent to an activating group) is 1. The number of carbonyl (C=O) groups is 2. The Labute approximate surface area is 470 Å². The molecule has 18 atom stereocenters. The van der Waals surface area contributed by atoms with Crippen molar-refractivity contribution in [2.75, 3.05) is 40.8 Å². The number of ether oxygens (including phenoxy) is 6. The maximum Gasteiger partial charge on any atom is 0.311 e. The van der Waals surface area contributed by atoms with Gasteiger partial charge in [0.25, 0.3) is 0 Å². The Kier molecular flexibility index (Phi) is 30.5. The lowest BCUT2D eigenvalue weighted by Gasteiger charge is -2.48. The zero-order valence-electron chi connectivity index (χ0n) is 50.3. The largest absolute Gasteiger partial charge is 0.459 e. The number of hydrogen-bond acceptors (Lipinski definition) is 15. The van der Waals surface area contributed by atoms with E-state index in [1.807, 2.05) is 57.7 Å². The summed E-state index contributed by atoms with van der Waals surface area (Å²) in [7, 11) is 5.27. The number of allylic oxidation sites excluding steroid dienone is 12. The first kappa shape index (κ1) is 69.2. The average molecular weight is 1100 g/mol. The van der Waals surface area contributed by atoms with Gasteiger partial charge in [-0.3, -0.25) is 14.5 Å². The van der Waals surface area contributed by atoms with Crippen LogP contribution in [0.2, 0.25) is 0 Å². The maximum atomic E-state index is 14.6. The Morgan fingerprint density at radius 1 is 0.795 bits per heavy atom. The van der Waals surface area contributed by atoms with Gasteiger partial charge < -0.3 is 64.2 Å². The highest BCUT2D eigenvalue weighted by atomic mass is 16.7. The molecule has 78 heavy (non-hydrogen) atoms. The number of nitrogens with zero attached hydrogens (tertiary/aromatic N) is 2. The number of rotatable bonds is 25. The minimum Gasteiger partial charge on any atom is -0.459 e. The second-order valence-corrected chi connectivity index (χ2v) is 23.4. The molecule has 0 radical (unpaired) electrons. The van der Waals surface area contributed by atoms with Crippen LogP contribution in [-0.2, 0) is 38.0 Å². The summed E-state index contributed by atoms with van der Waals surface area (Å²) < 4.78 is 38.2. The molecule has 0 aliphatic carbocycles. The number of aliphatic hydroxyl groups is 5. The molecule has 3 aliphatic rings. The van der Waals surface area contributed by atoms with Gasteiger partial charge in [-0.15, -0.1) is 0 Å². The highest BCUT2D eigenvalue weighted by Crippen LogP contribution is 2.40. The molecule has 3 fully saturated rings. The van der Waals surface area contributed by atoms with E-state index in [2.05, 4.69) is 79.1 Å². The number of cyclic esters (lactones) is 1. The van der Waals surface area contributed by atoms with Crippen molar-refractivity contribution in [2.45, 2.75) is 250 Å².